The van der Waals surface area contributed by atoms with E-state index in [0.717, 1.165) is 23.4 Å². The van der Waals surface area contributed by atoms with E-state index in [1.54, 1.807) is 13.0 Å². The highest BCUT2D eigenvalue weighted by Crippen LogP contribution is 2.25. The third kappa shape index (κ3) is 5.47. The second kappa shape index (κ2) is 8.06. The van der Waals surface area contributed by atoms with Gasteiger partial charge < -0.3 is 14.7 Å². The SMILES string of the molecule is Cc1cc(S(=O)(=O)NCCOCCN(C)C)sc1CO. The Morgan fingerprint density at radius 3 is 2.65 bits per heavy atom. The molecule has 8 heteroatoms. The fraction of sp³-hybridized carbons (Fsp3) is 0.667. The Labute approximate surface area is 124 Å². The molecule has 0 amide bonds. The van der Waals surface area contributed by atoms with Crippen LogP contribution in [0.15, 0.2) is 10.3 Å². The quantitative estimate of drug-likeness (QED) is 0.644. The average molecular weight is 322 g/mol. The molecule has 0 saturated heterocycles. The molecule has 2 N–H and O–H groups in total. The fourth-order valence-electron chi connectivity index (χ4n) is 1.45. The molecule has 0 spiro atoms. The number of nitrogens with one attached hydrogen (secondary N) is 1. The van der Waals surface area contributed by atoms with Crippen LogP contribution in [0, 0.1) is 6.92 Å². The lowest BCUT2D eigenvalue weighted by molar-refractivity contribution is 0.122. The Morgan fingerprint density at radius 1 is 1.40 bits per heavy atom. The smallest absolute Gasteiger partial charge is 0.250 e. The van der Waals surface area contributed by atoms with E-state index < -0.39 is 10.0 Å². The van der Waals surface area contributed by atoms with E-state index in [1.807, 2.05) is 19.0 Å². The topological polar surface area (TPSA) is 78.9 Å². The van der Waals surface area contributed by atoms with E-state index in [-0.39, 0.29) is 17.4 Å². The predicted molar refractivity (Wildman–Crippen MR) is 79.5 cm³/mol. The summed E-state index contributed by atoms with van der Waals surface area (Å²) in [6.45, 7) is 3.59. The van der Waals surface area contributed by atoms with Gasteiger partial charge in [0, 0.05) is 18.0 Å². The fourth-order valence-corrected chi connectivity index (χ4v) is 3.95. The van der Waals surface area contributed by atoms with Crippen molar-refractivity contribution in [2.75, 3.05) is 40.4 Å². The van der Waals surface area contributed by atoms with Crippen molar-refractivity contribution in [3.8, 4) is 0 Å². The summed E-state index contributed by atoms with van der Waals surface area (Å²) in [6.07, 6.45) is 0. The third-order valence-electron chi connectivity index (χ3n) is 2.63. The number of thiophene rings is 1. The van der Waals surface area contributed by atoms with Crippen LogP contribution in [0.3, 0.4) is 0 Å². The van der Waals surface area contributed by atoms with E-state index in [2.05, 4.69) is 4.72 Å². The first-order chi connectivity index (χ1) is 9.36. The monoisotopic (exact) mass is 322 g/mol. The molecule has 1 rings (SSSR count). The number of hydrogen-bond acceptors (Lipinski definition) is 6. The number of sulfonamides is 1. The number of ether oxygens (including phenoxy) is 1. The van der Waals surface area contributed by atoms with Gasteiger partial charge in [0.05, 0.1) is 19.8 Å². The van der Waals surface area contributed by atoms with Crippen LogP contribution in [0.4, 0.5) is 0 Å². The van der Waals surface area contributed by atoms with Crippen LogP contribution < -0.4 is 4.72 Å². The molecule has 1 aromatic rings. The summed E-state index contributed by atoms with van der Waals surface area (Å²) in [6, 6.07) is 1.57. The molecular weight excluding hydrogens is 300 g/mol. The van der Waals surface area contributed by atoms with E-state index in [0.29, 0.717) is 18.1 Å². The van der Waals surface area contributed by atoms with Crippen molar-refractivity contribution in [1.82, 2.24) is 9.62 Å². The molecule has 0 aliphatic carbocycles. The molecular formula is C12H22N2O4S2. The van der Waals surface area contributed by atoms with Crippen LogP contribution in [0.25, 0.3) is 0 Å². The van der Waals surface area contributed by atoms with Crippen LogP contribution in [-0.4, -0.2) is 58.8 Å². The number of aliphatic hydroxyl groups excluding tert-OH is 1. The van der Waals surface area contributed by atoms with Gasteiger partial charge in [0.1, 0.15) is 4.21 Å². The summed E-state index contributed by atoms with van der Waals surface area (Å²) < 4.78 is 32.1. The van der Waals surface area contributed by atoms with E-state index in [4.69, 9.17) is 9.84 Å². The molecule has 20 heavy (non-hydrogen) atoms. The molecule has 1 aromatic heterocycles. The molecule has 0 fully saturated rings. The van der Waals surface area contributed by atoms with Gasteiger partial charge in [-0.3, -0.25) is 0 Å². The minimum Gasteiger partial charge on any atom is -0.391 e. The second-order valence-electron chi connectivity index (χ2n) is 4.64. The Hall–Kier alpha value is -0.510. The van der Waals surface area contributed by atoms with Crippen molar-refractivity contribution in [3.63, 3.8) is 0 Å². The highest BCUT2D eigenvalue weighted by molar-refractivity contribution is 7.91. The Bertz CT molecular complexity index is 512. The lowest BCUT2D eigenvalue weighted by atomic mass is 10.3. The first kappa shape index (κ1) is 17.5. The van der Waals surface area contributed by atoms with Gasteiger partial charge in [0.25, 0.3) is 0 Å². The largest absolute Gasteiger partial charge is 0.391 e. The normalized spacial score (nSPS) is 12.2. The minimum absolute atomic E-state index is 0.139. The van der Waals surface area contributed by atoms with Crippen molar-refractivity contribution in [2.45, 2.75) is 17.7 Å². The van der Waals surface area contributed by atoms with Gasteiger partial charge in [-0.2, -0.15) is 0 Å². The maximum absolute atomic E-state index is 12.0. The van der Waals surface area contributed by atoms with E-state index >= 15 is 0 Å². The number of aliphatic hydroxyl groups is 1. The summed E-state index contributed by atoms with van der Waals surface area (Å²) in [5.41, 5.74) is 0.792. The first-order valence-electron chi connectivity index (χ1n) is 6.29. The first-order valence-corrected chi connectivity index (χ1v) is 8.59. The number of rotatable bonds is 9. The van der Waals surface area contributed by atoms with Crippen molar-refractivity contribution < 1.29 is 18.3 Å². The summed E-state index contributed by atoms with van der Waals surface area (Å²) in [5.74, 6) is 0. The van der Waals surface area contributed by atoms with Crippen LogP contribution in [-0.2, 0) is 21.4 Å². The average Bonchev–Trinajstić information content (AvgIpc) is 2.75. The van der Waals surface area contributed by atoms with Crippen LogP contribution >= 0.6 is 11.3 Å². The molecule has 0 saturated carbocycles. The molecule has 0 aliphatic rings. The number of likely N-dealkylation sites (N-methyl/N-ethyl adjacent to an activating group) is 1. The van der Waals surface area contributed by atoms with Gasteiger partial charge in [-0.1, -0.05) is 0 Å². The molecule has 0 aromatic carbocycles. The van der Waals surface area contributed by atoms with Crippen LogP contribution in [0.5, 0.6) is 0 Å². The zero-order valence-electron chi connectivity index (χ0n) is 12.0. The summed E-state index contributed by atoms with van der Waals surface area (Å²) >= 11 is 1.09. The van der Waals surface area contributed by atoms with Crippen molar-refractivity contribution in [3.05, 3.63) is 16.5 Å². The summed E-state index contributed by atoms with van der Waals surface area (Å²) in [4.78, 5) is 2.67. The highest BCUT2D eigenvalue weighted by atomic mass is 32.2. The molecule has 0 radical (unpaired) electrons. The summed E-state index contributed by atoms with van der Waals surface area (Å²) in [5, 5.41) is 9.09. The Kier molecular flexibility index (Phi) is 7.07. The lowest BCUT2D eigenvalue weighted by Gasteiger charge is -2.10. The molecule has 0 bridgehead atoms. The van der Waals surface area contributed by atoms with Gasteiger partial charge >= 0.3 is 0 Å². The number of aryl methyl sites for hydroxylation is 1. The maximum atomic E-state index is 12.0. The molecule has 0 atom stereocenters. The summed E-state index contributed by atoms with van der Waals surface area (Å²) in [7, 11) is 0.388. The van der Waals surface area contributed by atoms with Gasteiger partial charge in [0.15, 0.2) is 0 Å². The van der Waals surface area contributed by atoms with Gasteiger partial charge in [-0.05, 0) is 32.6 Å². The third-order valence-corrected chi connectivity index (χ3v) is 5.78. The maximum Gasteiger partial charge on any atom is 0.250 e. The number of nitrogens with zero attached hydrogens (tertiary/aromatic N) is 1. The number of hydrogen-bond donors (Lipinski definition) is 2. The molecule has 0 aliphatic heterocycles. The van der Waals surface area contributed by atoms with E-state index in [9.17, 15) is 8.42 Å². The lowest BCUT2D eigenvalue weighted by Crippen LogP contribution is -2.28. The Balaban J connectivity index is 2.41. The molecule has 6 nitrogen and oxygen atoms in total. The van der Waals surface area contributed by atoms with Gasteiger partial charge in [0.2, 0.25) is 10.0 Å². The van der Waals surface area contributed by atoms with E-state index in [1.165, 1.54) is 0 Å². The molecule has 116 valence electrons. The van der Waals surface area contributed by atoms with Crippen molar-refractivity contribution in [1.29, 1.82) is 0 Å². The van der Waals surface area contributed by atoms with Crippen molar-refractivity contribution in [2.24, 2.45) is 0 Å². The zero-order valence-corrected chi connectivity index (χ0v) is 13.7. The highest BCUT2D eigenvalue weighted by Gasteiger charge is 2.18. The van der Waals surface area contributed by atoms with Crippen molar-refractivity contribution >= 4 is 21.4 Å². The predicted octanol–water partition coefficient (Wildman–Crippen LogP) is 0.405. The van der Waals surface area contributed by atoms with Gasteiger partial charge in [-0.15, -0.1) is 11.3 Å². The van der Waals surface area contributed by atoms with Crippen LogP contribution in [0.2, 0.25) is 0 Å². The standard InChI is InChI=1S/C12H22N2O4S2/c1-10-8-12(19-11(10)9-15)20(16,17)13-4-6-18-7-5-14(2)3/h8,13,15H,4-7,9H2,1-3H3. The molecule has 1 heterocycles. The molecule has 0 unspecified atom stereocenters. The Morgan fingerprint density at radius 2 is 2.10 bits per heavy atom. The minimum atomic E-state index is -3.51. The zero-order chi connectivity index (χ0) is 15.2. The van der Waals surface area contributed by atoms with Gasteiger partial charge in [-0.25, -0.2) is 13.1 Å². The van der Waals surface area contributed by atoms with Crippen LogP contribution in [0.1, 0.15) is 10.4 Å². The second-order valence-corrected chi connectivity index (χ2v) is 7.77.